The number of nitrogens with zero attached hydrogens (tertiary/aromatic N) is 2. The topological polar surface area (TPSA) is 71.2 Å². The number of hydrogen-bond acceptors (Lipinski definition) is 6. The second kappa shape index (κ2) is 8.57. The molecule has 0 aliphatic heterocycles. The molecule has 0 fully saturated rings. The number of rotatable bonds is 5. The van der Waals surface area contributed by atoms with E-state index >= 15 is 0 Å². The summed E-state index contributed by atoms with van der Waals surface area (Å²) in [6.07, 6.45) is 1.58. The molecule has 23 heavy (non-hydrogen) atoms. The van der Waals surface area contributed by atoms with Crippen LogP contribution in [0.4, 0.5) is 11.4 Å². The van der Waals surface area contributed by atoms with Gasteiger partial charge in [0, 0.05) is 16.2 Å². The Kier molecular flexibility index (Phi) is 6.75. The summed E-state index contributed by atoms with van der Waals surface area (Å²) in [4.78, 5) is 15.3. The maximum absolute atomic E-state index is 11.2. The van der Waals surface area contributed by atoms with Gasteiger partial charge in [0.05, 0.1) is 17.8 Å². The van der Waals surface area contributed by atoms with Crippen LogP contribution in [0.1, 0.15) is 17.4 Å². The number of nitrogens with two attached hydrogens (primary N) is 1. The van der Waals surface area contributed by atoms with Gasteiger partial charge < -0.3 is 5.32 Å². The lowest BCUT2D eigenvalue weighted by Gasteiger charge is -2.18. The molecule has 120 valence electrons. The molecule has 0 saturated heterocycles. The van der Waals surface area contributed by atoms with Crippen molar-refractivity contribution in [2.45, 2.75) is 6.92 Å². The first kappa shape index (κ1) is 18.1. The van der Waals surface area contributed by atoms with Crippen molar-refractivity contribution in [2.75, 3.05) is 16.2 Å². The lowest BCUT2D eigenvalue weighted by Crippen LogP contribution is -2.31. The predicted molar refractivity (Wildman–Crippen MR) is 109 cm³/mol. The van der Waals surface area contributed by atoms with E-state index in [0.29, 0.717) is 15.9 Å². The van der Waals surface area contributed by atoms with Crippen molar-refractivity contribution >= 4 is 68.0 Å². The summed E-state index contributed by atoms with van der Waals surface area (Å²) in [7, 11) is 0. The molecule has 1 aromatic carbocycles. The summed E-state index contributed by atoms with van der Waals surface area (Å²) in [6.45, 7) is 1.48. The largest absolute Gasteiger partial charge is 0.341 e. The van der Waals surface area contributed by atoms with E-state index in [4.69, 9.17) is 18.1 Å². The quantitative estimate of drug-likeness (QED) is 0.177. The number of nitrogens with one attached hydrogen (secondary N) is 1. The highest BCUT2D eigenvalue weighted by Crippen LogP contribution is 2.17. The molecule has 0 amide bonds. The number of halogens is 1. The Balaban J connectivity index is 1.87. The fourth-order valence-electron chi connectivity index (χ4n) is 1.69. The van der Waals surface area contributed by atoms with Crippen molar-refractivity contribution in [1.82, 2.24) is 4.98 Å². The Morgan fingerprint density at radius 1 is 1.43 bits per heavy atom. The zero-order valence-corrected chi connectivity index (χ0v) is 16.1. The number of aromatic nitrogens is 1. The van der Waals surface area contributed by atoms with Gasteiger partial charge in [-0.3, -0.25) is 14.8 Å². The van der Waals surface area contributed by atoms with Crippen molar-refractivity contribution in [3.05, 3.63) is 51.9 Å². The molecule has 1 heterocycles. The number of hydrogen-bond donors (Lipinski definition) is 2. The smallest absolute Gasteiger partial charge is 0.178 e. The molecule has 0 unspecified atom stereocenters. The fourth-order valence-corrected chi connectivity index (χ4v) is 3.10. The SMILES string of the molecule is CC(=O)c1ccc(N(N)CSC(=S)Nc2cccc(I)c2)cn1. The number of carbonyl (C=O) groups excluding carboxylic acids is 1. The van der Waals surface area contributed by atoms with Crippen molar-refractivity contribution < 1.29 is 4.79 Å². The average Bonchev–Trinajstić information content (AvgIpc) is 2.52. The Morgan fingerprint density at radius 3 is 2.83 bits per heavy atom. The summed E-state index contributed by atoms with van der Waals surface area (Å²) < 4.78 is 1.77. The normalized spacial score (nSPS) is 10.2. The molecule has 2 rings (SSSR count). The molecule has 2 aromatic rings. The van der Waals surface area contributed by atoms with Crippen LogP contribution in [-0.2, 0) is 0 Å². The van der Waals surface area contributed by atoms with Gasteiger partial charge in [-0.15, -0.1) is 0 Å². The summed E-state index contributed by atoms with van der Waals surface area (Å²) in [5, 5.41) is 4.69. The standard InChI is InChI=1S/C15H15IN4OS2/c1-10(21)14-6-5-13(8-18-14)20(17)9-23-15(22)19-12-4-2-3-11(16)7-12/h2-8H,9,17H2,1H3,(H,19,22). The van der Waals surface area contributed by atoms with E-state index in [0.717, 1.165) is 14.9 Å². The molecule has 1 aromatic heterocycles. The van der Waals surface area contributed by atoms with Crippen LogP contribution in [0.25, 0.3) is 0 Å². The summed E-state index contributed by atoms with van der Waals surface area (Å²) in [6, 6.07) is 11.4. The highest BCUT2D eigenvalue weighted by atomic mass is 127. The third kappa shape index (κ3) is 5.72. The van der Waals surface area contributed by atoms with Crippen LogP contribution in [0.3, 0.4) is 0 Å². The molecule has 0 aliphatic rings. The van der Waals surface area contributed by atoms with Gasteiger partial charge in [0.25, 0.3) is 0 Å². The van der Waals surface area contributed by atoms with Crippen LogP contribution < -0.4 is 16.2 Å². The molecular weight excluding hydrogens is 443 g/mol. The Morgan fingerprint density at radius 2 is 2.22 bits per heavy atom. The maximum atomic E-state index is 11.2. The minimum atomic E-state index is -0.0719. The third-order valence-corrected chi connectivity index (χ3v) is 4.74. The summed E-state index contributed by atoms with van der Waals surface area (Å²) in [5.41, 5.74) is 2.09. The fraction of sp³-hybridized carbons (Fsp3) is 0.133. The molecule has 0 radical (unpaired) electrons. The van der Waals surface area contributed by atoms with Gasteiger partial charge in [0.15, 0.2) is 5.78 Å². The number of anilines is 2. The van der Waals surface area contributed by atoms with Crippen molar-refractivity contribution in [2.24, 2.45) is 5.84 Å². The van der Waals surface area contributed by atoms with E-state index in [-0.39, 0.29) is 5.78 Å². The van der Waals surface area contributed by atoms with Crippen LogP contribution in [0.5, 0.6) is 0 Å². The zero-order valence-electron chi connectivity index (χ0n) is 12.3. The second-order valence-electron chi connectivity index (χ2n) is 4.62. The molecule has 0 atom stereocenters. The van der Waals surface area contributed by atoms with E-state index in [1.54, 1.807) is 18.3 Å². The number of hydrazine groups is 1. The highest BCUT2D eigenvalue weighted by Gasteiger charge is 2.07. The number of thiocarbonyl (C=S) groups is 1. The molecule has 0 saturated carbocycles. The summed E-state index contributed by atoms with van der Waals surface area (Å²) >= 11 is 8.97. The van der Waals surface area contributed by atoms with Crippen LogP contribution in [0, 0.1) is 3.57 Å². The zero-order chi connectivity index (χ0) is 16.8. The monoisotopic (exact) mass is 458 g/mol. The van der Waals surface area contributed by atoms with Crippen LogP contribution in [0.2, 0.25) is 0 Å². The number of thioether (sulfide) groups is 1. The summed E-state index contributed by atoms with van der Waals surface area (Å²) in [5.74, 6) is 6.38. The van der Waals surface area contributed by atoms with Gasteiger partial charge in [0.1, 0.15) is 10.0 Å². The highest BCUT2D eigenvalue weighted by molar-refractivity contribution is 14.1. The molecular formula is C15H15IN4OS2. The van der Waals surface area contributed by atoms with Crippen molar-refractivity contribution in [3.8, 4) is 0 Å². The Labute approximate surface area is 158 Å². The number of ketones is 1. The lowest BCUT2D eigenvalue weighted by atomic mass is 10.2. The van der Waals surface area contributed by atoms with Gasteiger partial charge in [-0.2, -0.15) is 0 Å². The van der Waals surface area contributed by atoms with Gasteiger partial charge in [-0.05, 0) is 52.9 Å². The first-order chi connectivity index (χ1) is 11.0. The number of carbonyl (C=O) groups is 1. The number of pyridine rings is 1. The average molecular weight is 458 g/mol. The van der Waals surface area contributed by atoms with Crippen LogP contribution in [-0.4, -0.2) is 21.0 Å². The van der Waals surface area contributed by atoms with E-state index in [1.165, 1.54) is 23.7 Å². The van der Waals surface area contributed by atoms with E-state index in [9.17, 15) is 4.79 Å². The van der Waals surface area contributed by atoms with Crippen molar-refractivity contribution in [1.29, 1.82) is 0 Å². The van der Waals surface area contributed by atoms with Gasteiger partial charge in [-0.1, -0.05) is 30.0 Å². The molecule has 0 spiro atoms. The Bertz CT molecular complexity index is 709. The van der Waals surface area contributed by atoms with Crippen LogP contribution >= 0.6 is 46.6 Å². The first-order valence-electron chi connectivity index (χ1n) is 6.64. The molecule has 0 bridgehead atoms. The van der Waals surface area contributed by atoms with Gasteiger partial charge in [-0.25, -0.2) is 5.84 Å². The molecule has 3 N–H and O–H groups in total. The third-order valence-electron chi connectivity index (χ3n) is 2.85. The predicted octanol–water partition coefficient (Wildman–Crippen LogP) is 3.66. The van der Waals surface area contributed by atoms with Gasteiger partial charge in [0.2, 0.25) is 0 Å². The van der Waals surface area contributed by atoms with E-state index in [1.807, 2.05) is 24.3 Å². The van der Waals surface area contributed by atoms with E-state index in [2.05, 4.69) is 32.9 Å². The first-order valence-corrected chi connectivity index (χ1v) is 9.11. The van der Waals surface area contributed by atoms with Gasteiger partial charge >= 0.3 is 0 Å². The molecule has 0 aliphatic carbocycles. The Hall–Kier alpha value is -1.23. The maximum Gasteiger partial charge on any atom is 0.178 e. The number of benzene rings is 1. The van der Waals surface area contributed by atoms with Crippen LogP contribution in [0.15, 0.2) is 42.6 Å². The van der Waals surface area contributed by atoms with Crippen molar-refractivity contribution in [3.63, 3.8) is 0 Å². The lowest BCUT2D eigenvalue weighted by molar-refractivity contribution is 0.101. The molecule has 8 heteroatoms. The van der Waals surface area contributed by atoms with E-state index < -0.39 is 0 Å². The minimum Gasteiger partial charge on any atom is -0.341 e. The number of Topliss-reactive ketones (excluding diaryl/α,β-unsaturated/α-hetero) is 1. The molecule has 5 nitrogen and oxygen atoms in total. The minimum absolute atomic E-state index is 0.0719. The second-order valence-corrected chi connectivity index (χ2v) is 7.49.